The van der Waals surface area contributed by atoms with Crippen LogP contribution in [-0.4, -0.2) is 74.9 Å². The molecule has 0 aromatic heterocycles. The maximum Gasteiger partial charge on any atom is 0.472 e. The van der Waals surface area contributed by atoms with Gasteiger partial charge in [0, 0.05) is 12.8 Å². The van der Waals surface area contributed by atoms with E-state index in [1.54, 1.807) is 0 Å². The first-order valence-corrected chi connectivity index (χ1v) is 21.4. The first kappa shape index (κ1) is 47.8. The summed E-state index contributed by atoms with van der Waals surface area (Å²) in [6.07, 6.45) is 31.1. The highest BCUT2D eigenvalue weighted by molar-refractivity contribution is 7.47. The van der Waals surface area contributed by atoms with Crippen LogP contribution in [0.2, 0.25) is 0 Å². The van der Waals surface area contributed by atoms with Crippen LogP contribution in [0.3, 0.4) is 0 Å². The van der Waals surface area contributed by atoms with Gasteiger partial charge in [0.1, 0.15) is 19.8 Å². The largest absolute Gasteiger partial charge is 0.472 e. The van der Waals surface area contributed by atoms with Crippen LogP contribution in [0.1, 0.15) is 174 Å². The third-order valence-corrected chi connectivity index (χ3v) is 9.53. The predicted molar refractivity (Wildman–Crippen MR) is 201 cm³/mol. The predicted octanol–water partition coefficient (Wildman–Crippen LogP) is 10.6. The molecule has 0 spiro atoms. The number of carbonyl (C=O) groups is 2. The lowest BCUT2D eigenvalue weighted by molar-refractivity contribution is -0.870. The minimum absolute atomic E-state index is 0.0332. The van der Waals surface area contributed by atoms with Gasteiger partial charge in [0.05, 0.1) is 27.7 Å². The Kier molecular flexibility index (Phi) is 31.8. The molecule has 0 fully saturated rings. The van der Waals surface area contributed by atoms with Gasteiger partial charge >= 0.3 is 19.8 Å². The fourth-order valence-corrected chi connectivity index (χ4v) is 6.10. The van der Waals surface area contributed by atoms with Crippen molar-refractivity contribution in [1.82, 2.24) is 0 Å². The van der Waals surface area contributed by atoms with Crippen molar-refractivity contribution < 1.29 is 42.1 Å². The Bertz CT molecular complexity index is 860. The highest BCUT2D eigenvalue weighted by Gasteiger charge is 2.27. The highest BCUT2D eigenvalue weighted by atomic mass is 31.2. The molecule has 0 amide bonds. The van der Waals surface area contributed by atoms with Crippen LogP contribution in [0.5, 0.6) is 0 Å². The van der Waals surface area contributed by atoms with E-state index in [1.165, 1.54) is 89.9 Å². The van der Waals surface area contributed by atoms with E-state index in [4.69, 9.17) is 18.5 Å². The topological polar surface area (TPSA) is 108 Å². The van der Waals surface area contributed by atoms with Gasteiger partial charge in [-0.3, -0.25) is 18.6 Å². The number of ether oxygens (including phenoxy) is 2. The second-order valence-electron chi connectivity index (χ2n) is 14.7. The molecule has 0 saturated carbocycles. The smallest absolute Gasteiger partial charge is 0.462 e. The maximum absolute atomic E-state index is 12.6. The summed E-state index contributed by atoms with van der Waals surface area (Å²) in [5.74, 6) is -0.805. The first-order chi connectivity index (χ1) is 23.5. The Morgan fingerprint density at radius 2 is 1.04 bits per heavy atom. The van der Waals surface area contributed by atoms with Crippen molar-refractivity contribution in [3.8, 4) is 0 Å². The van der Waals surface area contributed by atoms with E-state index >= 15 is 0 Å². The van der Waals surface area contributed by atoms with Crippen LogP contribution in [0, 0.1) is 0 Å². The number of allylic oxidation sites excluding steroid dienone is 2. The molecule has 290 valence electrons. The quantitative estimate of drug-likeness (QED) is 0.0224. The molecule has 2 atom stereocenters. The first-order valence-electron chi connectivity index (χ1n) is 19.9. The molecular formula is C39H77NO8P+. The zero-order valence-electron chi connectivity index (χ0n) is 32.4. The van der Waals surface area contributed by atoms with Crippen molar-refractivity contribution in [2.45, 2.75) is 180 Å². The van der Waals surface area contributed by atoms with Crippen molar-refractivity contribution in [2.75, 3.05) is 47.5 Å². The maximum atomic E-state index is 12.6. The Labute approximate surface area is 301 Å². The number of hydrogen-bond donors (Lipinski definition) is 1. The van der Waals surface area contributed by atoms with Gasteiger partial charge in [0.2, 0.25) is 0 Å². The van der Waals surface area contributed by atoms with Gasteiger partial charge < -0.3 is 18.9 Å². The SMILES string of the molecule is CCCCCCC/C=C\CCCCCCCC(=O)OC[C@H](COP(=O)(O)OCC[N+](C)(C)C)OC(=O)CCCCCCCCCCCCC. The van der Waals surface area contributed by atoms with Gasteiger partial charge in [-0.2, -0.15) is 0 Å². The van der Waals surface area contributed by atoms with Crippen molar-refractivity contribution in [2.24, 2.45) is 0 Å². The summed E-state index contributed by atoms with van der Waals surface area (Å²) in [5.41, 5.74) is 0. The normalized spacial score (nSPS) is 13.8. The second-order valence-corrected chi connectivity index (χ2v) is 16.1. The Morgan fingerprint density at radius 1 is 0.612 bits per heavy atom. The lowest BCUT2D eigenvalue weighted by Crippen LogP contribution is -2.37. The highest BCUT2D eigenvalue weighted by Crippen LogP contribution is 2.43. The Morgan fingerprint density at radius 3 is 1.51 bits per heavy atom. The van der Waals surface area contributed by atoms with Gasteiger partial charge in [-0.1, -0.05) is 135 Å². The van der Waals surface area contributed by atoms with E-state index in [-0.39, 0.29) is 32.0 Å². The lowest BCUT2D eigenvalue weighted by Gasteiger charge is -2.24. The molecule has 0 heterocycles. The number of unbranched alkanes of at least 4 members (excludes halogenated alkanes) is 20. The van der Waals surface area contributed by atoms with E-state index < -0.39 is 26.5 Å². The standard InChI is InChI=1S/C39H76NO8P/c1-6-8-10-12-14-16-18-19-20-22-23-25-27-29-31-38(41)45-35-37(36-47-49(43,44)46-34-33-40(3,4)5)48-39(42)32-30-28-26-24-21-17-15-13-11-9-7-2/h18-19,37H,6-17,20-36H2,1-5H3/p+1/b19-18-/t37-/m1/s1. The third kappa shape index (κ3) is 36.3. The number of rotatable bonds is 36. The Balaban J connectivity index is 4.41. The molecule has 0 rings (SSSR count). The molecule has 0 aliphatic carbocycles. The summed E-state index contributed by atoms with van der Waals surface area (Å²) in [4.78, 5) is 35.2. The van der Waals surface area contributed by atoms with Crippen LogP contribution in [0.25, 0.3) is 0 Å². The summed E-state index contributed by atoms with van der Waals surface area (Å²) in [7, 11) is 1.48. The molecule has 0 aromatic rings. The molecule has 0 saturated heterocycles. The fourth-order valence-electron chi connectivity index (χ4n) is 5.36. The number of quaternary nitrogens is 1. The molecular weight excluding hydrogens is 641 g/mol. The second kappa shape index (κ2) is 32.6. The molecule has 0 aliphatic rings. The van der Waals surface area contributed by atoms with Crippen LogP contribution >= 0.6 is 7.82 Å². The number of hydrogen-bond acceptors (Lipinski definition) is 7. The van der Waals surface area contributed by atoms with Crippen molar-refractivity contribution in [3.05, 3.63) is 12.2 Å². The van der Waals surface area contributed by atoms with Gasteiger partial charge in [-0.05, 0) is 38.5 Å². The van der Waals surface area contributed by atoms with Crippen LogP contribution in [-0.2, 0) is 32.7 Å². The summed E-state index contributed by atoms with van der Waals surface area (Å²) < 4.78 is 34.2. The number of likely N-dealkylation sites (N-methyl/N-ethyl adjacent to an activating group) is 1. The molecule has 1 N–H and O–H groups in total. The number of carbonyl (C=O) groups excluding carboxylic acids is 2. The summed E-state index contributed by atoms with van der Waals surface area (Å²) in [6, 6.07) is 0. The Hall–Kier alpha value is -1.25. The summed E-state index contributed by atoms with van der Waals surface area (Å²) in [5, 5.41) is 0. The van der Waals surface area contributed by atoms with Gasteiger partial charge in [0.15, 0.2) is 6.10 Å². The number of phosphoric acid groups is 1. The van der Waals surface area contributed by atoms with Gasteiger partial charge in [-0.25, -0.2) is 4.57 Å². The van der Waals surface area contributed by atoms with Gasteiger partial charge in [0.25, 0.3) is 0 Å². The molecule has 0 aliphatic heterocycles. The third-order valence-electron chi connectivity index (χ3n) is 8.55. The molecule has 9 nitrogen and oxygen atoms in total. The zero-order valence-corrected chi connectivity index (χ0v) is 33.3. The van der Waals surface area contributed by atoms with Gasteiger partial charge in [-0.15, -0.1) is 0 Å². The van der Waals surface area contributed by atoms with Crippen LogP contribution in [0.15, 0.2) is 12.2 Å². The molecule has 49 heavy (non-hydrogen) atoms. The van der Waals surface area contributed by atoms with E-state index in [0.29, 0.717) is 17.4 Å². The molecule has 0 aromatic carbocycles. The number of phosphoric ester groups is 1. The van der Waals surface area contributed by atoms with E-state index in [2.05, 4.69) is 26.0 Å². The van der Waals surface area contributed by atoms with Crippen molar-refractivity contribution in [3.63, 3.8) is 0 Å². The zero-order chi connectivity index (χ0) is 36.5. The summed E-state index contributed by atoms with van der Waals surface area (Å²) in [6.45, 7) is 4.39. The van der Waals surface area contributed by atoms with E-state index in [9.17, 15) is 19.0 Å². The average molecular weight is 719 g/mol. The summed E-state index contributed by atoms with van der Waals surface area (Å²) >= 11 is 0. The fraction of sp³-hybridized carbons (Fsp3) is 0.897. The molecule has 1 unspecified atom stereocenters. The molecule has 0 radical (unpaired) electrons. The minimum atomic E-state index is -4.36. The van der Waals surface area contributed by atoms with Crippen LogP contribution < -0.4 is 0 Å². The number of esters is 2. The lowest BCUT2D eigenvalue weighted by atomic mass is 10.1. The van der Waals surface area contributed by atoms with E-state index in [0.717, 1.165) is 51.4 Å². The van der Waals surface area contributed by atoms with Crippen LogP contribution in [0.4, 0.5) is 0 Å². The van der Waals surface area contributed by atoms with E-state index in [1.807, 2.05) is 21.1 Å². The monoisotopic (exact) mass is 719 g/mol. The molecule has 0 bridgehead atoms. The average Bonchev–Trinajstić information content (AvgIpc) is 3.04. The number of nitrogens with zero attached hydrogens (tertiary/aromatic N) is 1. The minimum Gasteiger partial charge on any atom is -0.462 e. The molecule has 10 heteroatoms. The van der Waals surface area contributed by atoms with Crippen molar-refractivity contribution in [1.29, 1.82) is 0 Å². The van der Waals surface area contributed by atoms with Crippen molar-refractivity contribution >= 4 is 19.8 Å².